The van der Waals surface area contributed by atoms with Gasteiger partial charge in [-0.1, -0.05) is 13.3 Å². The fourth-order valence-corrected chi connectivity index (χ4v) is 0.901. The van der Waals surface area contributed by atoms with E-state index in [2.05, 4.69) is 9.57 Å². The molecule has 0 saturated heterocycles. The zero-order valence-electron chi connectivity index (χ0n) is 7.00. The smallest absolute Gasteiger partial charge is 0.311 e. The highest BCUT2D eigenvalue weighted by atomic mass is 16.6. The highest BCUT2D eigenvalue weighted by molar-refractivity contribution is 5.72. The summed E-state index contributed by atoms with van der Waals surface area (Å²) in [5.74, 6) is 4.38. The first-order chi connectivity index (χ1) is 5.26. The van der Waals surface area contributed by atoms with Crippen LogP contribution in [0.5, 0.6) is 0 Å². The summed E-state index contributed by atoms with van der Waals surface area (Å²) in [7, 11) is 1.36. The molecule has 0 aromatic rings. The molecule has 2 N–H and O–H groups in total. The van der Waals surface area contributed by atoms with Crippen molar-refractivity contribution in [3.8, 4) is 0 Å². The van der Waals surface area contributed by atoms with E-state index in [9.17, 15) is 4.79 Å². The van der Waals surface area contributed by atoms with E-state index in [1.165, 1.54) is 7.11 Å². The molecule has 0 rings (SSSR count). The number of hydrogen-bond donors (Lipinski definition) is 1. The maximum Gasteiger partial charge on any atom is 0.311 e. The molecule has 0 aliphatic carbocycles. The third-order valence-corrected chi connectivity index (χ3v) is 1.47. The molecule has 0 radical (unpaired) electrons. The minimum absolute atomic E-state index is 0.213. The van der Waals surface area contributed by atoms with Crippen LogP contribution in [0.1, 0.15) is 19.8 Å². The monoisotopic (exact) mass is 161 g/mol. The Morgan fingerprint density at radius 1 is 1.64 bits per heavy atom. The summed E-state index contributed by atoms with van der Waals surface area (Å²) >= 11 is 0. The first-order valence-electron chi connectivity index (χ1n) is 3.65. The molecular weight excluding hydrogens is 146 g/mol. The number of carbonyl (C=O) groups is 1. The van der Waals surface area contributed by atoms with Gasteiger partial charge in [0.1, 0.15) is 0 Å². The van der Waals surface area contributed by atoms with Gasteiger partial charge in [-0.05, 0) is 6.42 Å². The predicted octanol–water partition coefficient (Wildman–Crippen LogP) is 0.466. The zero-order valence-corrected chi connectivity index (χ0v) is 7.00. The van der Waals surface area contributed by atoms with Crippen LogP contribution < -0.4 is 5.90 Å². The summed E-state index contributed by atoms with van der Waals surface area (Å²) in [6, 6.07) is 0. The summed E-state index contributed by atoms with van der Waals surface area (Å²) in [5, 5.41) is 0. The number of hydrogen-bond acceptors (Lipinski definition) is 4. The molecule has 11 heavy (non-hydrogen) atoms. The van der Waals surface area contributed by atoms with E-state index in [4.69, 9.17) is 5.90 Å². The average Bonchev–Trinajstić information content (AvgIpc) is 2.03. The molecule has 0 bridgehead atoms. The minimum Gasteiger partial charge on any atom is -0.469 e. The van der Waals surface area contributed by atoms with Gasteiger partial charge in [-0.15, -0.1) is 0 Å². The van der Waals surface area contributed by atoms with Crippen LogP contribution in [0.15, 0.2) is 0 Å². The third kappa shape index (κ3) is 3.95. The van der Waals surface area contributed by atoms with E-state index in [1.807, 2.05) is 6.92 Å². The third-order valence-electron chi connectivity index (χ3n) is 1.47. The van der Waals surface area contributed by atoms with Crippen molar-refractivity contribution in [2.24, 2.45) is 11.8 Å². The lowest BCUT2D eigenvalue weighted by atomic mass is 10.1. The Bertz CT molecular complexity index is 110. The van der Waals surface area contributed by atoms with Gasteiger partial charge >= 0.3 is 5.97 Å². The lowest BCUT2D eigenvalue weighted by Gasteiger charge is -2.10. The standard InChI is InChI=1S/C7H15NO3/c1-3-4-6(5-11-8)7(9)10-2/h6H,3-5,8H2,1-2H3. The first kappa shape index (κ1) is 10.4. The van der Waals surface area contributed by atoms with Crippen molar-refractivity contribution in [3.05, 3.63) is 0 Å². The molecule has 1 atom stereocenters. The normalized spacial score (nSPS) is 12.6. The van der Waals surface area contributed by atoms with Crippen LogP contribution in [-0.2, 0) is 14.4 Å². The molecule has 0 aliphatic rings. The molecule has 4 heteroatoms. The Morgan fingerprint density at radius 2 is 2.27 bits per heavy atom. The zero-order chi connectivity index (χ0) is 8.69. The molecule has 0 amide bonds. The van der Waals surface area contributed by atoms with Gasteiger partial charge in [0.05, 0.1) is 19.6 Å². The number of nitrogens with two attached hydrogens (primary N) is 1. The molecule has 0 aromatic carbocycles. The first-order valence-corrected chi connectivity index (χ1v) is 3.65. The van der Waals surface area contributed by atoms with Gasteiger partial charge in [-0.2, -0.15) is 0 Å². The number of ether oxygens (including phenoxy) is 1. The Kier molecular flexibility index (Phi) is 5.78. The van der Waals surface area contributed by atoms with Crippen LogP contribution in [0.25, 0.3) is 0 Å². The number of rotatable bonds is 5. The molecule has 0 heterocycles. The van der Waals surface area contributed by atoms with Crippen LogP contribution in [0.3, 0.4) is 0 Å². The van der Waals surface area contributed by atoms with Gasteiger partial charge in [0.15, 0.2) is 0 Å². The van der Waals surface area contributed by atoms with Crippen molar-refractivity contribution in [2.75, 3.05) is 13.7 Å². The van der Waals surface area contributed by atoms with E-state index >= 15 is 0 Å². The summed E-state index contributed by atoms with van der Waals surface area (Å²) in [6.07, 6.45) is 1.67. The van der Waals surface area contributed by atoms with Crippen molar-refractivity contribution in [2.45, 2.75) is 19.8 Å². The maximum absolute atomic E-state index is 10.9. The molecule has 0 fully saturated rings. The SMILES string of the molecule is CCCC(CON)C(=O)OC. The topological polar surface area (TPSA) is 61.5 Å². The van der Waals surface area contributed by atoms with E-state index < -0.39 is 0 Å². The Balaban J connectivity index is 3.76. The van der Waals surface area contributed by atoms with Crippen molar-refractivity contribution in [1.82, 2.24) is 0 Å². The molecule has 4 nitrogen and oxygen atoms in total. The predicted molar refractivity (Wildman–Crippen MR) is 40.6 cm³/mol. The highest BCUT2D eigenvalue weighted by Crippen LogP contribution is 2.07. The fourth-order valence-electron chi connectivity index (χ4n) is 0.901. The highest BCUT2D eigenvalue weighted by Gasteiger charge is 2.17. The second kappa shape index (κ2) is 6.12. The molecule has 0 aliphatic heterocycles. The van der Waals surface area contributed by atoms with E-state index in [0.717, 1.165) is 12.8 Å². The van der Waals surface area contributed by atoms with Gasteiger partial charge in [0, 0.05) is 0 Å². The van der Waals surface area contributed by atoms with E-state index in [1.54, 1.807) is 0 Å². The van der Waals surface area contributed by atoms with Crippen LogP contribution in [-0.4, -0.2) is 19.7 Å². The summed E-state index contributed by atoms with van der Waals surface area (Å²) in [4.78, 5) is 15.3. The second-order valence-corrected chi connectivity index (χ2v) is 2.34. The van der Waals surface area contributed by atoms with Crippen LogP contribution in [0.4, 0.5) is 0 Å². The van der Waals surface area contributed by atoms with Crippen LogP contribution >= 0.6 is 0 Å². The molecule has 66 valence electrons. The molecule has 0 saturated carbocycles. The average molecular weight is 161 g/mol. The molecule has 1 unspecified atom stereocenters. The summed E-state index contributed by atoms with van der Waals surface area (Å²) in [6.45, 7) is 2.23. The summed E-state index contributed by atoms with van der Waals surface area (Å²) < 4.78 is 4.54. The van der Waals surface area contributed by atoms with Gasteiger partial charge < -0.3 is 9.57 Å². The lowest BCUT2D eigenvalue weighted by molar-refractivity contribution is -0.148. The second-order valence-electron chi connectivity index (χ2n) is 2.34. The van der Waals surface area contributed by atoms with Gasteiger partial charge in [-0.3, -0.25) is 4.79 Å². The van der Waals surface area contributed by atoms with Gasteiger partial charge in [0.2, 0.25) is 0 Å². The van der Waals surface area contributed by atoms with Crippen LogP contribution in [0.2, 0.25) is 0 Å². The van der Waals surface area contributed by atoms with Crippen molar-refractivity contribution in [3.63, 3.8) is 0 Å². The minimum atomic E-state index is -0.252. The number of carbonyl (C=O) groups excluding carboxylic acids is 1. The number of methoxy groups -OCH3 is 1. The Hall–Kier alpha value is -0.610. The quantitative estimate of drug-likeness (QED) is 0.470. The van der Waals surface area contributed by atoms with E-state index in [-0.39, 0.29) is 18.5 Å². The van der Waals surface area contributed by atoms with Crippen LogP contribution in [0, 0.1) is 5.92 Å². The van der Waals surface area contributed by atoms with Gasteiger partial charge in [-0.25, -0.2) is 5.90 Å². The van der Waals surface area contributed by atoms with Crippen molar-refractivity contribution < 1.29 is 14.4 Å². The fraction of sp³-hybridized carbons (Fsp3) is 0.857. The van der Waals surface area contributed by atoms with Crippen molar-refractivity contribution in [1.29, 1.82) is 0 Å². The molecule has 0 aromatic heterocycles. The van der Waals surface area contributed by atoms with Crippen molar-refractivity contribution >= 4 is 5.97 Å². The lowest BCUT2D eigenvalue weighted by Crippen LogP contribution is -2.23. The largest absolute Gasteiger partial charge is 0.469 e. The Morgan fingerprint density at radius 3 is 2.64 bits per heavy atom. The maximum atomic E-state index is 10.9. The molecule has 0 spiro atoms. The summed E-state index contributed by atoms with van der Waals surface area (Å²) in [5.41, 5.74) is 0. The number of esters is 1. The van der Waals surface area contributed by atoms with E-state index in [0.29, 0.717) is 0 Å². The Labute approximate surface area is 66.6 Å². The van der Waals surface area contributed by atoms with Gasteiger partial charge in [0.25, 0.3) is 0 Å². The molecular formula is C7H15NO3.